The summed E-state index contributed by atoms with van der Waals surface area (Å²) in [6, 6.07) is 0. The highest BCUT2D eigenvalue weighted by molar-refractivity contribution is 6.08. The van der Waals surface area contributed by atoms with Gasteiger partial charge in [-0.1, -0.05) is 27.7 Å². The van der Waals surface area contributed by atoms with Crippen LogP contribution in [-0.4, -0.2) is 24.3 Å². The minimum absolute atomic E-state index is 0.0509. The van der Waals surface area contributed by atoms with Gasteiger partial charge >= 0.3 is 0 Å². The molecule has 1 aliphatic carbocycles. The second kappa shape index (κ2) is 5.09. The van der Waals surface area contributed by atoms with E-state index < -0.39 is 6.10 Å². The van der Waals surface area contributed by atoms with Crippen molar-refractivity contribution in [3.05, 3.63) is 0 Å². The Morgan fingerprint density at radius 2 is 1.75 bits per heavy atom. The van der Waals surface area contributed by atoms with E-state index in [9.17, 15) is 9.59 Å². The predicted molar refractivity (Wildman–Crippen MR) is 62.2 cm³/mol. The zero-order valence-corrected chi connectivity index (χ0v) is 10.7. The van der Waals surface area contributed by atoms with Gasteiger partial charge in [0.15, 0.2) is 17.7 Å². The Hall–Kier alpha value is -0.700. The molecule has 1 rings (SSSR count). The van der Waals surface area contributed by atoms with Crippen LogP contribution in [0.2, 0.25) is 0 Å². The first-order valence-corrected chi connectivity index (χ1v) is 5.99. The maximum absolute atomic E-state index is 11.8. The quantitative estimate of drug-likeness (QED) is 0.691. The number of Topliss-reactive ketones (excluding diaryl/α,β-unsaturated/α-hetero) is 2. The van der Waals surface area contributed by atoms with Crippen molar-refractivity contribution < 1.29 is 14.3 Å². The van der Waals surface area contributed by atoms with E-state index in [1.165, 1.54) is 0 Å². The van der Waals surface area contributed by atoms with Gasteiger partial charge in [0.05, 0.1) is 0 Å². The summed E-state index contributed by atoms with van der Waals surface area (Å²) in [7, 11) is 0. The van der Waals surface area contributed by atoms with Crippen LogP contribution in [0, 0.1) is 11.3 Å². The second-order valence-corrected chi connectivity index (χ2v) is 5.88. The maximum atomic E-state index is 11.8. The van der Waals surface area contributed by atoms with Crippen molar-refractivity contribution in [2.45, 2.75) is 53.1 Å². The normalized spacial score (nSPS) is 21.8. The molecule has 92 valence electrons. The van der Waals surface area contributed by atoms with Crippen LogP contribution in [0.15, 0.2) is 0 Å². The van der Waals surface area contributed by atoms with Gasteiger partial charge in [0.2, 0.25) is 0 Å². The Kier molecular flexibility index (Phi) is 4.25. The summed E-state index contributed by atoms with van der Waals surface area (Å²) in [6.07, 6.45) is 1.00. The molecule has 3 nitrogen and oxygen atoms in total. The summed E-state index contributed by atoms with van der Waals surface area (Å²) in [6.45, 7) is 8.59. The van der Waals surface area contributed by atoms with Crippen LogP contribution in [0.5, 0.6) is 0 Å². The van der Waals surface area contributed by atoms with Crippen LogP contribution in [0.1, 0.15) is 47.0 Å². The summed E-state index contributed by atoms with van der Waals surface area (Å²) in [5.74, 6) is 0.431. The minimum Gasteiger partial charge on any atom is -0.363 e. The molecule has 0 N–H and O–H groups in total. The highest BCUT2D eigenvalue weighted by Crippen LogP contribution is 2.32. The molecular weight excluding hydrogens is 204 g/mol. The van der Waals surface area contributed by atoms with Crippen LogP contribution in [0.4, 0.5) is 0 Å². The number of ether oxygens (including phenoxy) is 1. The lowest BCUT2D eigenvalue weighted by atomic mass is 9.75. The Labute approximate surface area is 97.5 Å². The van der Waals surface area contributed by atoms with Gasteiger partial charge < -0.3 is 4.74 Å². The molecular formula is C13H22O3. The monoisotopic (exact) mass is 226 g/mol. The van der Waals surface area contributed by atoms with Crippen LogP contribution in [0.25, 0.3) is 0 Å². The van der Waals surface area contributed by atoms with Gasteiger partial charge in [-0.2, -0.15) is 0 Å². The average Bonchev–Trinajstić information content (AvgIpc) is 2.07. The van der Waals surface area contributed by atoms with Gasteiger partial charge in [0, 0.05) is 19.4 Å². The van der Waals surface area contributed by atoms with E-state index in [0.717, 1.165) is 6.42 Å². The molecule has 0 bridgehead atoms. The Bertz CT molecular complexity index is 259. The van der Waals surface area contributed by atoms with Gasteiger partial charge in [0.1, 0.15) is 0 Å². The summed E-state index contributed by atoms with van der Waals surface area (Å²) >= 11 is 0. The van der Waals surface area contributed by atoms with Crippen LogP contribution in [-0.2, 0) is 14.3 Å². The molecule has 0 amide bonds. The van der Waals surface area contributed by atoms with Crippen molar-refractivity contribution in [3.63, 3.8) is 0 Å². The van der Waals surface area contributed by atoms with Gasteiger partial charge in [0.25, 0.3) is 0 Å². The van der Waals surface area contributed by atoms with Crippen LogP contribution >= 0.6 is 0 Å². The van der Waals surface area contributed by atoms with Crippen molar-refractivity contribution in [1.82, 2.24) is 0 Å². The summed E-state index contributed by atoms with van der Waals surface area (Å²) in [4.78, 5) is 23.5. The van der Waals surface area contributed by atoms with Gasteiger partial charge in [-0.05, 0) is 17.8 Å². The molecule has 16 heavy (non-hydrogen) atoms. The van der Waals surface area contributed by atoms with E-state index in [1.54, 1.807) is 0 Å². The van der Waals surface area contributed by atoms with Gasteiger partial charge in [-0.3, -0.25) is 9.59 Å². The first-order chi connectivity index (χ1) is 7.32. The first kappa shape index (κ1) is 13.4. The maximum Gasteiger partial charge on any atom is 0.174 e. The SMILES string of the molecule is CC(C)CCOC1C(=O)CC(C)(C)CC1=O. The Morgan fingerprint density at radius 3 is 2.19 bits per heavy atom. The summed E-state index contributed by atoms with van der Waals surface area (Å²) in [5, 5.41) is 0. The molecule has 0 heterocycles. The summed E-state index contributed by atoms with van der Waals surface area (Å²) in [5.41, 5.74) is -0.188. The fraction of sp³-hybridized carbons (Fsp3) is 0.846. The number of carbonyl (C=O) groups is 2. The number of hydrogen-bond donors (Lipinski definition) is 0. The Morgan fingerprint density at radius 1 is 1.25 bits per heavy atom. The topological polar surface area (TPSA) is 43.4 Å². The highest BCUT2D eigenvalue weighted by Gasteiger charge is 2.40. The van der Waals surface area contributed by atoms with E-state index in [-0.39, 0.29) is 17.0 Å². The Balaban J connectivity index is 2.48. The van der Waals surface area contributed by atoms with Gasteiger partial charge in [-0.15, -0.1) is 0 Å². The van der Waals surface area contributed by atoms with E-state index >= 15 is 0 Å². The molecule has 1 aliphatic rings. The van der Waals surface area contributed by atoms with E-state index in [2.05, 4.69) is 13.8 Å². The van der Waals surface area contributed by atoms with Crippen molar-refractivity contribution in [2.75, 3.05) is 6.61 Å². The molecule has 0 aromatic carbocycles. The lowest BCUT2D eigenvalue weighted by Crippen LogP contribution is -2.43. The first-order valence-electron chi connectivity index (χ1n) is 5.99. The van der Waals surface area contributed by atoms with Crippen LogP contribution in [0.3, 0.4) is 0 Å². The third-order valence-electron chi connectivity index (χ3n) is 2.87. The number of carbonyl (C=O) groups excluding carboxylic acids is 2. The highest BCUT2D eigenvalue weighted by atomic mass is 16.5. The molecule has 0 aromatic rings. The average molecular weight is 226 g/mol. The number of rotatable bonds is 4. The second-order valence-electron chi connectivity index (χ2n) is 5.88. The number of ketones is 2. The van der Waals surface area contributed by atoms with Crippen molar-refractivity contribution >= 4 is 11.6 Å². The van der Waals surface area contributed by atoms with Crippen LogP contribution < -0.4 is 0 Å². The molecule has 0 unspecified atom stereocenters. The predicted octanol–water partition coefficient (Wildman–Crippen LogP) is 2.38. The zero-order chi connectivity index (χ0) is 12.3. The molecule has 0 aliphatic heterocycles. The van der Waals surface area contributed by atoms with Crippen molar-refractivity contribution in [3.8, 4) is 0 Å². The fourth-order valence-corrected chi connectivity index (χ4v) is 1.98. The largest absolute Gasteiger partial charge is 0.363 e. The molecule has 0 saturated heterocycles. The molecule has 1 saturated carbocycles. The van der Waals surface area contributed by atoms with E-state index in [1.807, 2.05) is 13.8 Å². The standard InChI is InChI=1S/C13H22O3/c1-9(2)5-6-16-12-10(14)7-13(3,4)8-11(12)15/h9,12H,5-8H2,1-4H3. The molecule has 0 aromatic heterocycles. The summed E-state index contributed by atoms with van der Waals surface area (Å²) < 4.78 is 5.41. The van der Waals surface area contributed by atoms with E-state index in [0.29, 0.717) is 25.4 Å². The molecule has 0 spiro atoms. The van der Waals surface area contributed by atoms with E-state index in [4.69, 9.17) is 4.74 Å². The smallest absolute Gasteiger partial charge is 0.174 e. The lowest BCUT2D eigenvalue weighted by molar-refractivity contribution is -0.150. The minimum atomic E-state index is -0.785. The molecule has 0 atom stereocenters. The lowest BCUT2D eigenvalue weighted by Gasteiger charge is -2.31. The van der Waals surface area contributed by atoms with Crippen molar-refractivity contribution in [1.29, 1.82) is 0 Å². The third-order valence-corrected chi connectivity index (χ3v) is 2.87. The molecule has 1 fully saturated rings. The fourth-order valence-electron chi connectivity index (χ4n) is 1.98. The van der Waals surface area contributed by atoms with Crippen molar-refractivity contribution in [2.24, 2.45) is 11.3 Å². The molecule has 3 heteroatoms. The zero-order valence-electron chi connectivity index (χ0n) is 10.7. The third kappa shape index (κ3) is 3.71. The molecule has 0 radical (unpaired) electrons. The van der Waals surface area contributed by atoms with Gasteiger partial charge in [-0.25, -0.2) is 0 Å². The number of hydrogen-bond acceptors (Lipinski definition) is 3.